The van der Waals surface area contributed by atoms with Crippen molar-refractivity contribution >= 4 is 44.2 Å². The maximum Gasteiger partial charge on any atom is 0.264 e. The number of ether oxygens (including phenoxy) is 1. The zero-order valence-corrected chi connectivity index (χ0v) is 14.1. The highest BCUT2D eigenvalue weighted by Gasteiger charge is 2.09. The summed E-state index contributed by atoms with van der Waals surface area (Å²) in [6.45, 7) is 2.04. The van der Waals surface area contributed by atoms with Crippen LogP contribution in [0.1, 0.15) is 12.5 Å². The molecule has 3 rings (SSSR count). The van der Waals surface area contributed by atoms with Crippen LogP contribution >= 0.6 is 22.9 Å². The Labute approximate surface area is 143 Å². The lowest BCUT2D eigenvalue weighted by Crippen LogP contribution is -2.19. The van der Waals surface area contributed by atoms with Gasteiger partial charge in [-0.15, -0.1) is 0 Å². The van der Waals surface area contributed by atoms with E-state index in [0.717, 1.165) is 16.6 Å². The Kier molecular flexibility index (Phi) is 4.79. The van der Waals surface area contributed by atoms with Gasteiger partial charge in [0, 0.05) is 5.02 Å². The van der Waals surface area contributed by atoms with Crippen LogP contribution in [-0.4, -0.2) is 17.5 Å². The summed E-state index contributed by atoms with van der Waals surface area (Å²) in [5.41, 5.74) is 2.04. The monoisotopic (exact) mass is 346 g/mol. The zero-order valence-electron chi connectivity index (χ0n) is 12.5. The van der Waals surface area contributed by atoms with Gasteiger partial charge in [0.05, 0.1) is 10.2 Å². The van der Waals surface area contributed by atoms with Gasteiger partial charge in [-0.05, 0) is 42.3 Å². The number of nitrogens with zero attached hydrogens (tertiary/aromatic N) is 1. The largest absolute Gasteiger partial charge is 0.484 e. The Hall–Kier alpha value is -2.11. The van der Waals surface area contributed by atoms with Crippen molar-refractivity contribution < 1.29 is 9.53 Å². The van der Waals surface area contributed by atoms with Crippen molar-refractivity contribution in [3.05, 3.63) is 53.1 Å². The lowest BCUT2D eigenvalue weighted by molar-refractivity contribution is -0.118. The number of anilines is 1. The number of hydrogen-bond donors (Lipinski definition) is 1. The molecule has 23 heavy (non-hydrogen) atoms. The first kappa shape index (κ1) is 15.8. The summed E-state index contributed by atoms with van der Waals surface area (Å²) < 4.78 is 6.41. The van der Waals surface area contributed by atoms with Crippen LogP contribution in [0.4, 0.5) is 5.13 Å². The van der Waals surface area contributed by atoms with E-state index in [-0.39, 0.29) is 12.5 Å². The van der Waals surface area contributed by atoms with Crippen LogP contribution in [0.3, 0.4) is 0 Å². The number of aromatic nitrogens is 1. The van der Waals surface area contributed by atoms with Crippen LogP contribution in [0.2, 0.25) is 5.02 Å². The average molecular weight is 347 g/mol. The number of nitrogens with one attached hydrogen (secondary N) is 1. The van der Waals surface area contributed by atoms with Gasteiger partial charge < -0.3 is 4.74 Å². The molecular formula is C17H15ClN2O2S. The number of amides is 1. The minimum absolute atomic E-state index is 0.0534. The van der Waals surface area contributed by atoms with E-state index in [9.17, 15) is 4.79 Å². The maximum atomic E-state index is 12.0. The third kappa shape index (κ3) is 4.00. The molecule has 1 amide bonds. The van der Waals surface area contributed by atoms with Crippen molar-refractivity contribution in [3.8, 4) is 5.75 Å². The van der Waals surface area contributed by atoms with E-state index in [2.05, 4.69) is 17.2 Å². The molecule has 0 spiro atoms. The summed E-state index contributed by atoms with van der Waals surface area (Å²) in [5, 5.41) is 3.93. The van der Waals surface area contributed by atoms with E-state index >= 15 is 0 Å². The van der Waals surface area contributed by atoms with E-state index in [0.29, 0.717) is 15.9 Å². The maximum absolute atomic E-state index is 12.0. The van der Waals surface area contributed by atoms with Crippen LogP contribution in [0.5, 0.6) is 5.75 Å². The van der Waals surface area contributed by atoms with E-state index in [1.807, 2.05) is 36.4 Å². The normalized spacial score (nSPS) is 10.7. The van der Waals surface area contributed by atoms with E-state index in [1.54, 1.807) is 6.07 Å². The molecule has 3 aromatic rings. The van der Waals surface area contributed by atoms with Crippen LogP contribution in [0.25, 0.3) is 10.2 Å². The summed E-state index contributed by atoms with van der Waals surface area (Å²) in [7, 11) is 0. The number of carbonyl (C=O) groups excluding carboxylic acids is 1. The molecule has 0 aliphatic carbocycles. The van der Waals surface area contributed by atoms with Gasteiger partial charge >= 0.3 is 0 Å². The Morgan fingerprint density at radius 1 is 1.26 bits per heavy atom. The third-order valence-corrected chi connectivity index (χ3v) is 4.47. The van der Waals surface area contributed by atoms with Gasteiger partial charge in [-0.1, -0.05) is 42.0 Å². The zero-order chi connectivity index (χ0) is 16.2. The number of benzene rings is 2. The van der Waals surface area contributed by atoms with Crippen LogP contribution in [-0.2, 0) is 11.2 Å². The molecule has 4 nitrogen and oxygen atoms in total. The fourth-order valence-electron chi connectivity index (χ4n) is 2.08. The minimum atomic E-state index is -0.241. The van der Waals surface area contributed by atoms with Crippen molar-refractivity contribution in [1.82, 2.24) is 4.98 Å². The topological polar surface area (TPSA) is 51.2 Å². The second kappa shape index (κ2) is 6.98. The van der Waals surface area contributed by atoms with Gasteiger partial charge in [0.2, 0.25) is 0 Å². The van der Waals surface area contributed by atoms with Gasteiger partial charge in [0.25, 0.3) is 5.91 Å². The smallest absolute Gasteiger partial charge is 0.264 e. The van der Waals surface area contributed by atoms with Crippen molar-refractivity contribution in [2.24, 2.45) is 0 Å². The number of rotatable bonds is 5. The molecule has 0 aliphatic rings. The molecule has 1 heterocycles. The molecule has 118 valence electrons. The standard InChI is InChI=1S/C17H15ClN2O2S/c1-2-11-3-6-13(7-4-11)22-10-16(21)20-17-19-14-8-5-12(18)9-15(14)23-17/h3-9H,2,10H2,1H3,(H,19,20,21). The van der Waals surface area contributed by atoms with Gasteiger partial charge in [0.15, 0.2) is 11.7 Å². The third-order valence-electron chi connectivity index (χ3n) is 3.30. The fraction of sp³-hybridized carbons (Fsp3) is 0.176. The molecule has 2 aromatic carbocycles. The van der Waals surface area contributed by atoms with Gasteiger partial charge in [-0.3, -0.25) is 10.1 Å². The van der Waals surface area contributed by atoms with Crippen LogP contribution < -0.4 is 10.1 Å². The van der Waals surface area contributed by atoms with Crippen molar-refractivity contribution in [3.63, 3.8) is 0 Å². The highest BCUT2D eigenvalue weighted by Crippen LogP contribution is 2.28. The van der Waals surface area contributed by atoms with Gasteiger partial charge in [0.1, 0.15) is 5.75 Å². The van der Waals surface area contributed by atoms with Gasteiger partial charge in [-0.2, -0.15) is 0 Å². The Balaban J connectivity index is 1.59. The highest BCUT2D eigenvalue weighted by molar-refractivity contribution is 7.22. The van der Waals surface area contributed by atoms with Crippen LogP contribution in [0.15, 0.2) is 42.5 Å². The fourth-order valence-corrected chi connectivity index (χ4v) is 3.24. The van der Waals surface area contributed by atoms with E-state index in [4.69, 9.17) is 16.3 Å². The lowest BCUT2D eigenvalue weighted by atomic mass is 10.2. The Morgan fingerprint density at radius 2 is 2.04 bits per heavy atom. The first-order valence-electron chi connectivity index (χ1n) is 7.21. The first-order valence-corrected chi connectivity index (χ1v) is 8.41. The van der Waals surface area contributed by atoms with Crippen molar-refractivity contribution in [1.29, 1.82) is 0 Å². The second-order valence-electron chi connectivity index (χ2n) is 4.97. The molecule has 1 aromatic heterocycles. The minimum Gasteiger partial charge on any atom is -0.484 e. The van der Waals surface area contributed by atoms with E-state index < -0.39 is 0 Å². The number of hydrogen-bond acceptors (Lipinski definition) is 4. The van der Waals surface area contributed by atoms with Crippen molar-refractivity contribution in [2.45, 2.75) is 13.3 Å². The molecule has 0 bridgehead atoms. The first-order chi connectivity index (χ1) is 11.1. The number of thiazole rings is 1. The Bertz CT molecular complexity index is 830. The lowest BCUT2D eigenvalue weighted by Gasteiger charge is -2.06. The number of aryl methyl sites for hydroxylation is 1. The molecule has 0 aliphatic heterocycles. The molecule has 1 N–H and O–H groups in total. The van der Waals surface area contributed by atoms with Crippen LogP contribution in [0, 0.1) is 0 Å². The summed E-state index contributed by atoms with van der Waals surface area (Å²) in [5.74, 6) is 0.433. The SMILES string of the molecule is CCc1ccc(OCC(=O)Nc2nc3ccc(Cl)cc3s2)cc1. The average Bonchev–Trinajstić information content (AvgIpc) is 2.94. The molecule has 0 unspecified atom stereocenters. The van der Waals surface area contributed by atoms with Gasteiger partial charge in [-0.25, -0.2) is 4.98 Å². The van der Waals surface area contributed by atoms with Crippen molar-refractivity contribution in [2.75, 3.05) is 11.9 Å². The molecule has 6 heteroatoms. The summed E-state index contributed by atoms with van der Waals surface area (Å²) in [6, 6.07) is 13.1. The Morgan fingerprint density at radius 3 is 2.78 bits per heavy atom. The molecule has 0 radical (unpaired) electrons. The molecule has 0 saturated heterocycles. The summed E-state index contributed by atoms with van der Waals surface area (Å²) >= 11 is 7.33. The second-order valence-corrected chi connectivity index (χ2v) is 6.43. The number of halogens is 1. The summed E-state index contributed by atoms with van der Waals surface area (Å²) in [4.78, 5) is 16.3. The summed E-state index contributed by atoms with van der Waals surface area (Å²) in [6.07, 6.45) is 0.975. The predicted molar refractivity (Wildman–Crippen MR) is 94.6 cm³/mol. The number of fused-ring (bicyclic) bond motifs is 1. The molecule has 0 saturated carbocycles. The molecule has 0 fully saturated rings. The number of carbonyl (C=O) groups is 1. The van der Waals surface area contributed by atoms with E-state index in [1.165, 1.54) is 16.9 Å². The highest BCUT2D eigenvalue weighted by atomic mass is 35.5. The quantitative estimate of drug-likeness (QED) is 0.738. The predicted octanol–water partition coefficient (Wildman–Crippen LogP) is 4.53. The molecular weight excluding hydrogens is 332 g/mol. The molecule has 0 atom stereocenters.